The van der Waals surface area contributed by atoms with Gasteiger partial charge in [-0.2, -0.15) is 0 Å². The summed E-state index contributed by atoms with van der Waals surface area (Å²) in [5.74, 6) is -3.18. The molecular weight excluding hydrogens is 591 g/mol. The third-order valence-corrected chi connectivity index (χ3v) is 8.73. The van der Waals surface area contributed by atoms with Crippen LogP contribution in [0, 0.1) is 38.4 Å². The van der Waals surface area contributed by atoms with Crippen LogP contribution < -0.4 is 0 Å². The second kappa shape index (κ2) is 21.5. The first-order valence-electron chi connectivity index (χ1n) is 16.1. The van der Waals surface area contributed by atoms with E-state index >= 15 is 0 Å². The molecule has 0 saturated carbocycles. The summed E-state index contributed by atoms with van der Waals surface area (Å²) in [6, 6.07) is 0. The van der Waals surface area contributed by atoms with E-state index < -0.39 is 48.5 Å². The second-order valence-corrected chi connectivity index (χ2v) is 18.2. The minimum absolute atomic E-state index is 0.0118. The van der Waals surface area contributed by atoms with E-state index in [9.17, 15) is 22.0 Å². The van der Waals surface area contributed by atoms with Crippen molar-refractivity contribution in [2.75, 3.05) is 33.1 Å². The second-order valence-electron chi connectivity index (χ2n) is 18.2. The maximum atomic E-state index is 13.1. The molecule has 0 aliphatic heterocycles. The average molecular weight is 669 g/mol. The van der Waals surface area contributed by atoms with Gasteiger partial charge in [0.1, 0.15) is 18.4 Å². The molecule has 280 valence electrons. The lowest BCUT2D eigenvalue weighted by Crippen LogP contribution is -2.38. The van der Waals surface area contributed by atoms with Crippen LogP contribution >= 0.6 is 0 Å². The van der Waals surface area contributed by atoms with E-state index in [1.54, 1.807) is 20.8 Å². The van der Waals surface area contributed by atoms with Crippen LogP contribution in [0.3, 0.4) is 0 Å². The van der Waals surface area contributed by atoms with Gasteiger partial charge in [0, 0.05) is 17.9 Å². The number of aliphatic hydroxyl groups excluding tert-OH is 4. The summed E-state index contributed by atoms with van der Waals surface area (Å²) in [7, 11) is 0. The minimum Gasteiger partial charge on any atom is -0.396 e. The first-order chi connectivity index (χ1) is 19.4. The van der Waals surface area contributed by atoms with Gasteiger partial charge < -0.3 is 20.4 Å². The fraction of sp³-hybridized carbons (Fsp3) is 1.00. The van der Waals surface area contributed by atoms with Crippen molar-refractivity contribution in [3.05, 3.63) is 0 Å². The van der Waals surface area contributed by atoms with Crippen molar-refractivity contribution in [1.29, 1.82) is 0 Å². The van der Waals surface area contributed by atoms with Gasteiger partial charge in [-0.1, -0.05) is 131 Å². The van der Waals surface area contributed by atoms with Gasteiger partial charge in [-0.05, 0) is 40.4 Å². The predicted molar refractivity (Wildman–Crippen MR) is 183 cm³/mol. The molecule has 0 aliphatic carbocycles. The van der Waals surface area contributed by atoms with E-state index in [0.29, 0.717) is 17.3 Å². The molecule has 0 aromatic rings. The molecule has 3 atom stereocenters. The van der Waals surface area contributed by atoms with Crippen LogP contribution in [0.2, 0.25) is 0 Å². The number of hydrogen-bond acceptors (Lipinski definition) is 4. The molecule has 0 rings (SSSR count). The van der Waals surface area contributed by atoms with Gasteiger partial charge in [0.15, 0.2) is 0 Å². The highest BCUT2D eigenvalue weighted by Gasteiger charge is 2.42. The highest BCUT2D eigenvalue weighted by atomic mass is 19.3. The molecule has 45 heavy (non-hydrogen) atoms. The molecule has 4 nitrogen and oxygen atoms in total. The van der Waals surface area contributed by atoms with Crippen molar-refractivity contribution in [1.82, 2.24) is 0 Å². The normalized spacial score (nSPS) is 15.7. The lowest BCUT2D eigenvalue weighted by molar-refractivity contribution is -0.129. The van der Waals surface area contributed by atoms with E-state index in [4.69, 9.17) is 20.4 Å². The summed E-state index contributed by atoms with van der Waals surface area (Å²) in [6.07, 6.45) is 0.644. The van der Waals surface area contributed by atoms with Crippen LogP contribution in [-0.2, 0) is 0 Å². The van der Waals surface area contributed by atoms with E-state index in [0.717, 1.165) is 0 Å². The van der Waals surface area contributed by atoms with Gasteiger partial charge in [0.25, 0.3) is 5.92 Å². The largest absolute Gasteiger partial charge is 0.396 e. The SMILES string of the molecule is CC(C)(C)C(C)(F)CO.CC(C)(C)C(F)(F)CO.CC(C)(C)CC(F)CO.CC(C)(C)[C@@H](CO)CF.CCC(C)(C)C(C)(C)C. The van der Waals surface area contributed by atoms with Crippen molar-refractivity contribution in [2.45, 2.75) is 162 Å². The maximum Gasteiger partial charge on any atom is 0.275 e. The summed E-state index contributed by atoms with van der Waals surface area (Å²) in [5.41, 5.74) is -2.27. The Balaban J connectivity index is -0.000000148. The number of aliphatic hydroxyl groups is 4. The van der Waals surface area contributed by atoms with Gasteiger partial charge in [-0.25, -0.2) is 17.6 Å². The smallest absolute Gasteiger partial charge is 0.275 e. The third-order valence-electron chi connectivity index (χ3n) is 8.73. The molecule has 0 radical (unpaired) electrons. The van der Waals surface area contributed by atoms with E-state index in [2.05, 4.69) is 41.5 Å². The van der Waals surface area contributed by atoms with Crippen LogP contribution in [0.25, 0.3) is 0 Å². The molecule has 0 bridgehead atoms. The highest BCUT2D eigenvalue weighted by molar-refractivity contribution is 4.85. The average Bonchev–Trinajstić information content (AvgIpc) is 2.82. The number of halogens is 5. The summed E-state index contributed by atoms with van der Waals surface area (Å²) in [4.78, 5) is 0. The Hall–Kier alpha value is -0.510. The van der Waals surface area contributed by atoms with Crippen molar-refractivity contribution < 1.29 is 42.4 Å². The van der Waals surface area contributed by atoms with Gasteiger partial charge in [-0.15, -0.1) is 0 Å². The number of alkyl halides is 5. The van der Waals surface area contributed by atoms with Gasteiger partial charge in [0.05, 0.1) is 19.9 Å². The van der Waals surface area contributed by atoms with Crippen LogP contribution in [-0.4, -0.2) is 71.3 Å². The summed E-state index contributed by atoms with van der Waals surface area (Å²) in [6.45, 7) is 34.0. The van der Waals surface area contributed by atoms with E-state index in [1.807, 2.05) is 41.5 Å². The third kappa shape index (κ3) is 27.2. The first kappa shape index (κ1) is 54.0. The minimum atomic E-state index is -2.97. The molecule has 0 aliphatic rings. The van der Waals surface area contributed by atoms with Crippen LogP contribution in [0.1, 0.15) is 144 Å². The molecule has 2 unspecified atom stereocenters. The molecule has 0 saturated heterocycles. The first-order valence-corrected chi connectivity index (χ1v) is 16.1. The summed E-state index contributed by atoms with van der Waals surface area (Å²) < 4.78 is 62.3. The Labute approximate surface area is 276 Å². The number of rotatable bonds is 7. The van der Waals surface area contributed by atoms with E-state index in [-0.39, 0.29) is 30.0 Å². The number of hydrogen-bond donors (Lipinski definition) is 4. The maximum absolute atomic E-state index is 13.1. The van der Waals surface area contributed by atoms with Crippen molar-refractivity contribution in [3.8, 4) is 0 Å². The Morgan fingerprint density at radius 1 is 0.556 bits per heavy atom. The Kier molecular flexibility index (Phi) is 25.7. The van der Waals surface area contributed by atoms with Gasteiger partial charge in [-0.3, -0.25) is 4.39 Å². The van der Waals surface area contributed by atoms with Crippen molar-refractivity contribution >= 4 is 0 Å². The Bertz CT molecular complexity index is 640. The lowest BCUT2D eigenvalue weighted by Gasteiger charge is -2.37. The highest BCUT2D eigenvalue weighted by Crippen LogP contribution is 2.40. The zero-order valence-electron chi connectivity index (χ0n) is 32.8. The zero-order valence-corrected chi connectivity index (χ0v) is 32.8. The zero-order chi connectivity index (χ0) is 38.1. The summed E-state index contributed by atoms with van der Waals surface area (Å²) in [5, 5.41) is 33.7. The molecule has 0 fully saturated rings. The molecular formula is C36H77F5O4. The van der Waals surface area contributed by atoms with Gasteiger partial charge >= 0.3 is 0 Å². The van der Waals surface area contributed by atoms with Crippen LogP contribution in [0.5, 0.6) is 0 Å². The Morgan fingerprint density at radius 3 is 0.956 bits per heavy atom. The fourth-order valence-electron chi connectivity index (χ4n) is 2.29. The Morgan fingerprint density at radius 2 is 0.933 bits per heavy atom. The van der Waals surface area contributed by atoms with Crippen molar-refractivity contribution in [2.24, 2.45) is 38.4 Å². The molecule has 0 amide bonds. The molecule has 0 spiro atoms. The molecule has 9 heteroatoms. The van der Waals surface area contributed by atoms with E-state index in [1.165, 1.54) is 34.1 Å². The molecule has 0 aromatic heterocycles. The quantitative estimate of drug-likeness (QED) is 0.204. The molecule has 4 N–H and O–H groups in total. The van der Waals surface area contributed by atoms with Crippen molar-refractivity contribution in [3.63, 3.8) is 0 Å². The summed E-state index contributed by atoms with van der Waals surface area (Å²) >= 11 is 0. The monoisotopic (exact) mass is 669 g/mol. The van der Waals surface area contributed by atoms with Crippen LogP contribution in [0.15, 0.2) is 0 Å². The lowest BCUT2D eigenvalue weighted by atomic mass is 9.68. The molecule has 0 aromatic carbocycles. The standard InChI is InChI=1S/C9H20.3C7H15FO.C6H12F2O/c1-7-9(5,6)8(2,3)4;1-7(2,3)6(4-8)5-9;1-7(2,3)4-6(8)5-9;1-6(2,3)7(4,8)5-9;1-5(2,3)6(7,8)4-9/h7H2,1-6H3;2*6,9H,4-5H2,1-3H3;9H,5H2,1-4H3;9H,4H2,1-3H3/t;6-;;;/m.1.../s1. The predicted octanol–water partition coefficient (Wildman–Crippen LogP) is 10.2. The molecule has 0 heterocycles. The fourth-order valence-corrected chi connectivity index (χ4v) is 2.29. The topological polar surface area (TPSA) is 80.9 Å². The van der Waals surface area contributed by atoms with Crippen LogP contribution in [0.4, 0.5) is 22.0 Å². The van der Waals surface area contributed by atoms with Gasteiger partial charge in [0.2, 0.25) is 0 Å².